The molecule has 1 aromatic heterocycles. The maximum absolute atomic E-state index is 14.2. The molecule has 2 fully saturated rings. The van der Waals surface area contributed by atoms with Crippen molar-refractivity contribution >= 4 is 50.3 Å². The first-order valence-electron chi connectivity index (χ1n) is 16.7. The van der Waals surface area contributed by atoms with Gasteiger partial charge in [0.15, 0.2) is 0 Å². The molecule has 1 N–H and O–H groups in total. The topological polar surface area (TPSA) is 118 Å². The third-order valence-corrected chi connectivity index (χ3v) is 12.1. The zero-order valence-corrected chi connectivity index (χ0v) is 29.9. The molecule has 0 saturated carbocycles. The van der Waals surface area contributed by atoms with Crippen LogP contribution in [0.25, 0.3) is 10.4 Å². The van der Waals surface area contributed by atoms with E-state index >= 15 is 0 Å². The van der Waals surface area contributed by atoms with Crippen molar-refractivity contribution in [3.63, 3.8) is 0 Å². The fourth-order valence-corrected chi connectivity index (χ4v) is 8.79. The van der Waals surface area contributed by atoms with Crippen LogP contribution in [-0.2, 0) is 19.5 Å². The van der Waals surface area contributed by atoms with Gasteiger partial charge in [-0.2, -0.15) is 0 Å². The van der Waals surface area contributed by atoms with Crippen LogP contribution in [0.4, 0.5) is 17.1 Å². The molecule has 3 aromatic carbocycles. The van der Waals surface area contributed by atoms with Gasteiger partial charge in [-0.3, -0.25) is 14.0 Å². The number of carbonyl (C=O) groups is 2. The van der Waals surface area contributed by atoms with E-state index in [-0.39, 0.29) is 9.77 Å². The summed E-state index contributed by atoms with van der Waals surface area (Å²) in [7, 11) is -1.40. The van der Waals surface area contributed by atoms with Crippen molar-refractivity contribution in [1.82, 2.24) is 4.90 Å². The Hall–Kier alpha value is -4.43. The molecule has 11 nitrogen and oxygen atoms in total. The number of sulfonamides is 1. The SMILES string of the molecule is COC(=O)c1ccc(N(C)S(=O)(=O)c2cc(C(=O)Nc3ccc(OCCN4CCOCC4)cc3)sc2-c2ccc(N3CCCCC3)cc2)cc1. The Labute approximate surface area is 297 Å². The molecule has 0 unspecified atom stereocenters. The fraction of sp³-hybridized carbons (Fsp3) is 0.351. The van der Waals surface area contributed by atoms with E-state index in [4.69, 9.17) is 14.2 Å². The van der Waals surface area contributed by atoms with Gasteiger partial charge in [-0.15, -0.1) is 11.3 Å². The van der Waals surface area contributed by atoms with Crippen molar-refractivity contribution in [2.45, 2.75) is 24.2 Å². The Balaban J connectivity index is 1.23. The summed E-state index contributed by atoms with van der Waals surface area (Å²) in [4.78, 5) is 30.9. The molecule has 0 bridgehead atoms. The third kappa shape index (κ3) is 8.29. The third-order valence-electron chi connectivity index (χ3n) is 8.96. The first-order chi connectivity index (χ1) is 24.2. The van der Waals surface area contributed by atoms with Crippen LogP contribution in [-0.4, -0.2) is 91.9 Å². The highest BCUT2D eigenvalue weighted by molar-refractivity contribution is 7.93. The van der Waals surface area contributed by atoms with Crippen LogP contribution >= 0.6 is 11.3 Å². The van der Waals surface area contributed by atoms with Gasteiger partial charge in [-0.25, -0.2) is 13.2 Å². The Kier molecular flexibility index (Phi) is 11.4. The van der Waals surface area contributed by atoms with Gasteiger partial charge < -0.3 is 24.4 Å². The minimum atomic E-state index is -4.14. The summed E-state index contributed by atoms with van der Waals surface area (Å²) >= 11 is 1.13. The van der Waals surface area contributed by atoms with Crippen molar-refractivity contribution < 1.29 is 32.2 Å². The lowest BCUT2D eigenvalue weighted by Crippen LogP contribution is -2.38. The van der Waals surface area contributed by atoms with Crippen LogP contribution in [0.2, 0.25) is 0 Å². The van der Waals surface area contributed by atoms with Gasteiger partial charge in [-0.1, -0.05) is 12.1 Å². The lowest BCUT2D eigenvalue weighted by Gasteiger charge is -2.28. The highest BCUT2D eigenvalue weighted by Gasteiger charge is 2.30. The van der Waals surface area contributed by atoms with E-state index in [1.165, 1.54) is 38.8 Å². The molecule has 0 spiro atoms. The number of hydrogen-bond acceptors (Lipinski definition) is 10. The summed E-state index contributed by atoms with van der Waals surface area (Å²) in [6.45, 7) is 6.60. The largest absolute Gasteiger partial charge is 0.492 e. The van der Waals surface area contributed by atoms with E-state index in [1.807, 2.05) is 24.3 Å². The number of morpholine rings is 1. The number of benzene rings is 3. The van der Waals surface area contributed by atoms with Gasteiger partial charge in [-0.05, 0) is 91.6 Å². The fourth-order valence-electron chi connectivity index (χ4n) is 6.01. The molecule has 0 atom stereocenters. The molecule has 264 valence electrons. The van der Waals surface area contributed by atoms with Crippen LogP contribution in [0.15, 0.2) is 83.8 Å². The van der Waals surface area contributed by atoms with Gasteiger partial charge in [0, 0.05) is 51.1 Å². The van der Waals surface area contributed by atoms with Gasteiger partial charge in [0.25, 0.3) is 15.9 Å². The molecule has 6 rings (SSSR count). The molecular weight excluding hydrogens is 677 g/mol. The first kappa shape index (κ1) is 35.4. The van der Waals surface area contributed by atoms with E-state index in [0.717, 1.165) is 80.1 Å². The highest BCUT2D eigenvalue weighted by atomic mass is 32.2. The molecule has 1 amide bonds. The number of ether oxygens (including phenoxy) is 3. The van der Waals surface area contributed by atoms with Crippen molar-refractivity contribution in [2.75, 3.05) is 81.2 Å². The van der Waals surface area contributed by atoms with Crippen LogP contribution in [0.5, 0.6) is 5.75 Å². The summed E-state index contributed by atoms with van der Waals surface area (Å²) in [5.41, 5.74) is 3.00. The lowest BCUT2D eigenvalue weighted by molar-refractivity contribution is 0.0322. The normalized spacial score (nSPS) is 15.4. The Bertz CT molecular complexity index is 1870. The van der Waals surface area contributed by atoms with Crippen LogP contribution < -0.4 is 19.3 Å². The van der Waals surface area contributed by atoms with Gasteiger partial charge in [0.2, 0.25) is 0 Å². The number of amides is 1. The Morgan fingerprint density at radius 1 is 0.900 bits per heavy atom. The number of carbonyl (C=O) groups excluding carboxylic acids is 2. The van der Waals surface area contributed by atoms with Crippen molar-refractivity contribution in [1.29, 1.82) is 0 Å². The highest BCUT2D eigenvalue weighted by Crippen LogP contribution is 2.39. The lowest BCUT2D eigenvalue weighted by atomic mass is 10.1. The zero-order valence-electron chi connectivity index (χ0n) is 28.3. The van der Waals surface area contributed by atoms with Gasteiger partial charge >= 0.3 is 5.97 Å². The zero-order chi connectivity index (χ0) is 35.1. The molecule has 13 heteroatoms. The first-order valence-corrected chi connectivity index (χ1v) is 19.0. The standard InChI is InChI=1S/C37H42N4O7S2/c1-39(30-12-8-28(9-13-30)37(43)46-2)50(44,45)34-26-33(49-35(34)27-6-14-31(15-7-27)41-18-4-3-5-19-41)36(42)38-29-10-16-32(17-11-29)48-25-22-40-20-23-47-24-21-40/h6-17,26H,3-5,18-25H2,1-2H3,(H,38,42). The summed E-state index contributed by atoms with van der Waals surface area (Å²) in [5.74, 6) is -0.246. The van der Waals surface area contributed by atoms with Crippen LogP contribution in [0.1, 0.15) is 39.3 Å². The molecule has 2 aliphatic heterocycles. The Morgan fingerprint density at radius 2 is 1.58 bits per heavy atom. The molecule has 2 aliphatic rings. The van der Waals surface area contributed by atoms with Crippen LogP contribution in [0.3, 0.4) is 0 Å². The van der Waals surface area contributed by atoms with Crippen molar-refractivity contribution in [2.24, 2.45) is 0 Å². The summed E-state index contributed by atoms with van der Waals surface area (Å²) in [5, 5.41) is 2.91. The number of methoxy groups -OCH3 is 1. The number of rotatable bonds is 12. The summed E-state index contributed by atoms with van der Waals surface area (Å²) < 4.78 is 45.6. The number of anilines is 3. The van der Waals surface area contributed by atoms with Gasteiger partial charge in [0.1, 0.15) is 17.3 Å². The molecular formula is C37H42N4O7S2. The molecule has 0 aliphatic carbocycles. The second kappa shape index (κ2) is 16.1. The Morgan fingerprint density at radius 3 is 2.24 bits per heavy atom. The number of piperidine rings is 1. The van der Waals surface area contributed by atoms with E-state index in [2.05, 4.69) is 15.1 Å². The minimum absolute atomic E-state index is 0.0157. The number of nitrogens with one attached hydrogen (secondary N) is 1. The average molecular weight is 719 g/mol. The quantitative estimate of drug-likeness (QED) is 0.177. The number of nitrogens with zero attached hydrogens (tertiary/aromatic N) is 3. The predicted octanol–water partition coefficient (Wildman–Crippen LogP) is 5.98. The maximum atomic E-state index is 14.2. The molecule has 4 aromatic rings. The second-order valence-corrected chi connectivity index (χ2v) is 15.2. The summed E-state index contributed by atoms with van der Waals surface area (Å²) in [6, 6.07) is 22.5. The van der Waals surface area contributed by atoms with Crippen molar-refractivity contribution in [3.8, 4) is 16.2 Å². The van der Waals surface area contributed by atoms with E-state index in [1.54, 1.807) is 36.4 Å². The van der Waals surface area contributed by atoms with Crippen molar-refractivity contribution in [3.05, 3.63) is 89.3 Å². The number of hydrogen-bond donors (Lipinski definition) is 1. The van der Waals surface area contributed by atoms with E-state index < -0.39 is 21.9 Å². The van der Waals surface area contributed by atoms with E-state index in [9.17, 15) is 18.0 Å². The van der Waals surface area contributed by atoms with Gasteiger partial charge in [0.05, 0.1) is 41.3 Å². The monoisotopic (exact) mass is 718 g/mol. The predicted molar refractivity (Wildman–Crippen MR) is 196 cm³/mol. The second-order valence-electron chi connectivity index (χ2n) is 12.2. The molecule has 0 radical (unpaired) electrons. The molecule has 2 saturated heterocycles. The number of thiophene rings is 1. The average Bonchev–Trinajstić information content (AvgIpc) is 3.63. The number of esters is 1. The molecule has 3 heterocycles. The maximum Gasteiger partial charge on any atom is 0.337 e. The minimum Gasteiger partial charge on any atom is -0.492 e. The van der Waals surface area contributed by atoms with Crippen LogP contribution in [0, 0.1) is 0 Å². The summed E-state index contributed by atoms with van der Waals surface area (Å²) in [6.07, 6.45) is 3.51. The smallest absolute Gasteiger partial charge is 0.337 e. The van der Waals surface area contributed by atoms with E-state index in [0.29, 0.717) is 39.7 Å². The molecule has 50 heavy (non-hydrogen) atoms.